The van der Waals surface area contributed by atoms with Gasteiger partial charge in [-0.1, -0.05) is 158 Å². The molecule has 11 aromatic rings. The van der Waals surface area contributed by atoms with Crippen LogP contribution in [-0.2, 0) is 0 Å². The van der Waals surface area contributed by atoms with E-state index in [9.17, 15) is 0 Å². The molecular weight excluding hydrogens is 633 g/mol. The van der Waals surface area contributed by atoms with Gasteiger partial charge in [0.05, 0.1) is 0 Å². The van der Waals surface area contributed by atoms with E-state index >= 15 is 0 Å². The number of benzene rings is 9. The van der Waals surface area contributed by atoms with Crippen LogP contribution in [0.2, 0.25) is 0 Å². The van der Waals surface area contributed by atoms with E-state index in [2.05, 4.69) is 164 Å². The first-order chi connectivity index (χ1) is 25.8. The fourth-order valence-corrected chi connectivity index (χ4v) is 8.45. The first kappa shape index (κ1) is 28.9. The average molecular weight is 663 g/mol. The van der Waals surface area contributed by atoms with Crippen molar-refractivity contribution in [2.24, 2.45) is 0 Å². The van der Waals surface area contributed by atoms with Gasteiger partial charge in [-0.25, -0.2) is 0 Å². The van der Waals surface area contributed by atoms with Gasteiger partial charge in [0.2, 0.25) is 0 Å². The maximum absolute atomic E-state index is 6.74. The zero-order valence-electron chi connectivity index (χ0n) is 28.1. The normalized spacial score (nSPS) is 11.8. The van der Waals surface area contributed by atoms with Crippen LogP contribution >= 0.6 is 0 Å². The zero-order chi connectivity index (χ0) is 34.2. The Morgan fingerprint density at radius 1 is 0.250 bits per heavy atom. The smallest absolute Gasteiger partial charge is 0.143 e. The summed E-state index contributed by atoms with van der Waals surface area (Å²) in [6, 6.07) is 64.9. The number of hydrogen-bond acceptors (Lipinski definition) is 2. The molecular formula is C50H30O2. The molecule has 0 saturated carbocycles. The van der Waals surface area contributed by atoms with Crippen molar-refractivity contribution in [2.75, 3.05) is 0 Å². The van der Waals surface area contributed by atoms with Crippen LogP contribution in [0.1, 0.15) is 0 Å². The van der Waals surface area contributed by atoms with Gasteiger partial charge in [-0.05, 0) is 84.8 Å². The molecule has 0 atom stereocenters. The van der Waals surface area contributed by atoms with E-state index in [-0.39, 0.29) is 0 Å². The summed E-state index contributed by atoms with van der Waals surface area (Å²) in [5.41, 5.74) is 12.9. The largest absolute Gasteiger partial charge is 0.456 e. The number of rotatable bonds is 4. The highest BCUT2D eigenvalue weighted by Crippen LogP contribution is 2.47. The molecule has 242 valence electrons. The van der Waals surface area contributed by atoms with Crippen molar-refractivity contribution in [1.82, 2.24) is 0 Å². The van der Waals surface area contributed by atoms with Crippen LogP contribution < -0.4 is 0 Å². The van der Waals surface area contributed by atoms with Gasteiger partial charge in [0.25, 0.3) is 0 Å². The lowest BCUT2D eigenvalue weighted by Gasteiger charge is -2.18. The van der Waals surface area contributed by atoms with Crippen LogP contribution in [-0.4, -0.2) is 0 Å². The zero-order valence-corrected chi connectivity index (χ0v) is 28.1. The summed E-state index contributed by atoms with van der Waals surface area (Å²) < 4.78 is 13.0. The second kappa shape index (κ2) is 11.3. The third-order valence-corrected chi connectivity index (χ3v) is 10.7. The monoisotopic (exact) mass is 662 g/mol. The van der Waals surface area contributed by atoms with Crippen LogP contribution in [0.15, 0.2) is 191 Å². The summed E-state index contributed by atoms with van der Waals surface area (Å²) >= 11 is 0. The van der Waals surface area contributed by atoms with Gasteiger partial charge in [-0.3, -0.25) is 0 Å². The molecule has 11 rings (SSSR count). The van der Waals surface area contributed by atoms with E-state index in [0.29, 0.717) is 0 Å². The Morgan fingerprint density at radius 2 is 0.692 bits per heavy atom. The third-order valence-electron chi connectivity index (χ3n) is 10.7. The summed E-state index contributed by atoms with van der Waals surface area (Å²) in [6.07, 6.45) is 0. The highest BCUT2D eigenvalue weighted by molar-refractivity contribution is 6.23. The molecule has 0 N–H and O–H groups in total. The third kappa shape index (κ3) is 4.25. The molecule has 0 aliphatic rings. The molecule has 0 saturated heterocycles. The molecule has 0 radical (unpaired) electrons. The maximum atomic E-state index is 6.74. The lowest BCUT2D eigenvalue weighted by Crippen LogP contribution is -1.91. The van der Waals surface area contributed by atoms with Crippen molar-refractivity contribution < 1.29 is 8.83 Å². The molecule has 2 aromatic heterocycles. The first-order valence-electron chi connectivity index (χ1n) is 17.8. The second-order valence-electron chi connectivity index (χ2n) is 13.5. The summed E-state index contributed by atoms with van der Waals surface area (Å²) in [7, 11) is 0. The van der Waals surface area contributed by atoms with E-state index < -0.39 is 0 Å². The van der Waals surface area contributed by atoms with Crippen molar-refractivity contribution in [3.63, 3.8) is 0 Å². The van der Waals surface area contributed by atoms with Crippen LogP contribution in [0.4, 0.5) is 0 Å². The first-order valence-corrected chi connectivity index (χ1v) is 17.8. The molecule has 0 fully saturated rings. The highest BCUT2D eigenvalue weighted by atomic mass is 16.3. The highest BCUT2D eigenvalue weighted by Gasteiger charge is 2.21. The predicted octanol–water partition coefficient (Wildman–Crippen LogP) is 14.5. The van der Waals surface area contributed by atoms with Crippen LogP contribution in [0.5, 0.6) is 0 Å². The molecule has 52 heavy (non-hydrogen) atoms. The van der Waals surface area contributed by atoms with Gasteiger partial charge >= 0.3 is 0 Å². The fraction of sp³-hybridized carbons (Fsp3) is 0. The van der Waals surface area contributed by atoms with Crippen LogP contribution in [0.25, 0.3) is 110 Å². The molecule has 2 heterocycles. The Kier molecular flexibility index (Phi) is 6.28. The Bertz CT molecular complexity index is 3100. The molecule has 0 aliphatic carbocycles. The minimum absolute atomic E-state index is 0.878. The molecule has 0 spiro atoms. The predicted molar refractivity (Wildman–Crippen MR) is 218 cm³/mol. The molecule has 2 nitrogen and oxygen atoms in total. The summed E-state index contributed by atoms with van der Waals surface area (Å²) in [4.78, 5) is 0. The van der Waals surface area contributed by atoms with E-state index in [1.54, 1.807) is 0 Å². The number of para-hydroxylation sites is 2. The van der Waals surface area contributed by atoms with Crippen molar-refractivity contribution in [3.8, 4) is 44.5 Å². The Hall–Kier alpha value is -6.90. The van der Waals surface area contributed by atoms with Crippen molar-refractivity contribution in [3.05, 3.63) is 182 Å². The fourth-order valence-electron chi connectivity index (χ4n) is 8.45. The summed E-state index contributed by atoms with van der Waals surface area (Å²) in [6.45, 7) is 0. The Balaban J connectivity index is 1.11. The number of furan rings is 2. The van der Waals surface area contributed by atoms with Gasteiger partial charge in [0.1, 0.15) is 22.3 Å². The van der Waals surface area contributed by atoms with Crippen molar-refractivity contribution in [1.29, 1.82) is 0 Å². The quantitative estimate of drug-likeness (QED) is 0.175. The van der Waals surface area contributed by atoms with E-state index in [0.717, 1.165) is 66.1 Å². The summed E-state index contributed by atoms with van der Waals surface area (Å²) in [5.74, 6) is 0. The lowest BCUT2D eigenvalue weighted by molar-refractivity contribution is 0.668. The summed E-state index contributed by atoms with van der Waals surface area (Å²) in [5, 5.41) is 9.47. The Labute approximate surface area is 299 Å². The average Bonchev–Trinajstić information content (AvgIpc) is 3.79. The lowest BCUT2D eigenvalue weighted by atomic mass is 9.85. The van der Waals surface area contributed by atoms with Crippen molar-refractivity contribution in [2.45, 2.75) is 0 Å². The maximum Gasteiger partial charge on any atom is 0.143 e. The molecule has 2 heteroatoms. The van der Waals surface area contributed by atoms with Gasteiger partial charge in [-0.2, -0.15) is 0 Å². The van der Waals surface area contributed by atoms with Crippen LogP contribution in [0.3, 0.4) is 0 Å². The molecule has 0 aliphatic heterocycles. The number of fused-ring (bicyclic) bond motifs is 8. The standard InChI is InChI=1S/C50H30O2/c1-2-13-32(14-3-1)46-35-15-4-6-17-37(35)47(38-18-7-5-16-36(38)46)33-27-25-31(26-28-33)34-29-30-40(49-42-20-9-11-23-44(42)52-50(34)49)39-21-12-24-45-48(39)41-19-8-10-22-43(41)51-45/h1-30H. The van der Waals surface area contributed by atoms with E-state index in [1.165, 1.54) is 43.8 Å². The second-order valence-corrected chi connectivity index (χ2v) is 13.5. The van der Waals surface area contributed by atoms with E-state index in [4.69, 9.17) is 8.83 Å². The van der Waals surface area contributed by atoms with Gasteiger partial charge in [-0.15, -0.1) is 0 Å². The van der Waals surface area contributed by atoms with E-state index in [1.807, 2.05) is 18.2 Å². The van der Waals surface area contributed by atoms with Gasteiger partial charge < -0.3 is 8.83 Å². The molecule has 0 unspecified atom stereocenters. The molecule has 0 amide bonds. The minimum Gasteiger partial charge on any atom is -0.456 e. The van der Waals surface area contributed by atoms with Gasteiger partial charge in [0, 0.05) is 27.1 Å². The van der Waals surface area contributed by atoms with Gasteiger partial charge in [0.15, 0.2) is 0 Å². The molecule has 9 aromatic carbocycles. The van der Waals surface area contributed by atoms with Crippen LogP contribution in [0, 0.1) is 0 Å². The van der Waals surface area contributed by atoms with Crippen molar-refractivity contribution >= 4 is 65.4 Å². The Morgan fingerprint density at radius 3 is 1.33 bits per heavy atom. The SMILES string of the molecule is c1ccc(-c2c3ccccc3c(-c3ccc(-c4ccc(-c5cccc6oc7ccccc7c56)c5c4oc4ccccc45)cc3)c3ccccc23)cc1. The number of hydrogen-bond donors (Lipinski definition) is 0. The topological polar surface area (TPSA) is 26.3 Å². The molecule has 0 bridgehead atoms. The minimum atomic E-state index is 0.878.